The minimum atomic E-state index is -4.25. The summed E-state index contributed by atoms with van der Waals surface area (Å²) in [4.78, 5) is 6.28. The van der Waals surface area contributed by atoms with Crippen molar-refractivity contribution >= 4 is 20.4 Å². The van der Waals surface area contributed by atoms with Gasteiger partial charge in [-0.25, -0.2) is 3.63 Å². The molecule has 1 heterocycles. The van der Waals surface area contributed by atoms with E-state index in [9.17, 15) is 8.42 Å². The van der Waals surface area contributed by atoms with Gasteiger partial charge in [-0.15, -0.1) is 0 Å². The summed E-state index contributed by atoms with van der Waals surface area (Å²) in [7, 11) is -7.13. The summed E-state index contributed by atoms with van der Waals surface area (Å²) in [6.07, 6.45) is 2.39. The number of hydrogen-bond acceptors (Lipinski definition) is 8. The number of aryl methyl sites for hydroxylation is 1. The molecule has 0 N–H and O–H groups in total. The quantitative estimate of drug-likeness (QED) is 0.135. The first-order valence-corrected chi connectivity index (χ1v) is 16.7. The van der Waals surface area contributed by atoms with Crippen molar-refractivity contribution < 1.29 is 31.0 Å². The second-order valence-electron chi connectivity index (χ2n) is 9.30. The lowest BCUT2D eigenvalue weighted by atomic mass is 10.2. The van der Waals surface area contributed by atoms with Crippen molar-refractivity contribution in [1.29, 1.82) is 0 Å². The summed E-state index contributed by atoms with van der Waals surface area (Å²) < 4.78 is 57.1. The van der Waals surface area contributed by atoms with Gasteiger partial charge in [0, 0.05) is 40.3 Å². The Morgan fingerprint density at radius 3 is 1.57 bits per heavy atom. The van der Waals surface area contributed by atoms with Gasteiger partial charge in [0.15, 0.2) is 12.6 Å². The van der Waals surface area contributed by atoms with Gasteiger partial charge in [-0.1, -0.05) is 17.7 Å². The number of benzene rings is 3. The average molecular weight is 612 g/mol. The predicted octanol–water partition coefficient (Wildman–Crippen LogP) is 7.51. The molecule has 0 saturated carbocycles. The normalized spacial score (nSPS) is 15.3. The Labute approximate surface area is 250 Å². The van der Waals surface area contributed by atoms with E-state index < -0.39 is 33.0 Å². The van der Waals surface area contributed by atoms with E-state index in [2.05, 4.69) is 4.98 Å². The summed E-state index contributed by atoms with van der Waals surface area (Å²) in [6, 6.07) is 24.6. The van der Waals surface area contributed by atoms with Crippen LogP contribution in [0.2, 0.25) is 0 Å². The molecule has 4 aromatic rings. The second-order valence-corrected chi connectivity index (χ2v) is 13.8. The van der Waals surface area contributed by atoms with Gasteiger partial charge in [-0.05, 0) is 118 Å². The monoisotopic (exact) mass is 611 g/mol. The van der Waals surface area contributed by atoms with Crippen LogP contribution >= 0.6 is 10.3 Å². The fourth-order valence-corrected chi connectivity index (χ4v) is 9.40. The van der Waals surface area contributed by atoms with Crippen LogP contribution in [0, 0.1) is 6.92 Å². The molecule has 0 aliphatic rings. The Morgan fingerprint density at radius 1 is 0.667 bits per heavy atom. The second kappa shape index (κ2) is 14.2. The highest BCUT2D eigenvalue weighted by molar-refractivity contribution is 8.33. The van der Waals surface area contributed by atoms with Crippen molar-refractivity contribution in [2.75, 3.05) is 13.2 Å². The summed E-state index contributed by atoms with van der Waals surface area (Å²) in [5.41, 5.74) is 0.938. The highest BCUT2D eigenvalue weighted by atomic mass is 32.3. The zero-order chi connectivity index (χ0) is 30.2. The molecule has 0 aliphatic heterocycles. The fourth-order valence-electron chi connectivity index (χ4n) is 4.26. The van der Waals surface area contributed by atoms with Crippen molar-refractivity contribution in [3.05, 3.63) is 103 Å². The van der Waals surface area contributed by atoms with Gasteiger partial charge in [0.05, 0.1) is 4.90 Å². The van der Waals surface area contributed by atoms with Gasteiger partial charge < -0.3 is 18.9 Å². The summed E-state index contributed by atoms with van der Waals surface area (Å²) in [6.45, 7) is 10.4. The molecular formula is C32H37NO7S2. The lowest BCUT2D eigenvalue weighted by molar-refractivity contribution is -0.0616. The molecule has 0 amide bonds. The van der Waals surface area contributed by atoms with E-state index in [1.54, 1.807) is 67.0 Å². The number of rotatable bonds is 14. The van der Waals surface area contributed by atoms with Crippen molar-refractivity contribution in [2.45, 2.75) is 66.8 Å². The molecular weight excluding hydrogens is 574 g/mol. The maximum atomic E-state index is 13.9. The van der Waals surface area contributed by atoms with Crippen LogP contribution < -0.4 is 9.47 Å². The highest BCUT2D eigenvalue weighted by Gasteiger charge is 2.39. The molecule has 1 aromatic heterocycles. The van der Waals surface area contributed by atoms with Crippen LogP contribution in [0.3, 0.4) is 0 Å². The van der Waals surface area contributed by atoms with E-state index in [1.807, 2.05) is 65.0 Å². The zero-order valence-corrected chi connectivity index (χ0v) is 26.1. The van der Waals surface area contributed by atoms with Crippen molar-refractivity contribution in [2.24, 2.45) is 0 Å². The third-order valence-corrected chi connectivity index (χ3v) is 11.3. The molecule has 10 heteroatoms. The first-order valence-electron chi connectivity index (χ1n) is 13.7. The minimum absolute atomic E-state index is 0.0600. The van der Waals surface area contributed by atoms with Crippen LogP contribution in [0.15, 0.2) is 117 Å². The van der Waals surface area contributed by atoms with Crippen LogP contribution in [-0.2, 0) is 23.2 Å². The smallest absolute Gasteiger partial charge is 0.307 e. The van der Waals surface area contributed by atoms with E-state index in [4.69, 9.17) is 22.6 Å². The molecule has 2 unspecified atom stereocenters. The van der Waals surface area contributed by atoms with Gasteiger partial charge in [-0.2, -0.15) is 8.42 Å². The number of nitrogens with zero attached hydrogens (tertiary/aromatic N) is 1. The Balaban J connectivity index is 1.88. The Morgan fingerprint density at radius 2 is 1.14 bits per heavy atom. The van der Waals surface area contributed by atoms with Crippen LogP contribution in [0.25, 0.3) is 0 Å². The summed E-state index contributed by atoms with van der Waals surface area (Å²) in [5, 5.41) is 0. The van der Waals surface area contributed by atoms with Crippen molar-refractivity contribution in [3.8, 4) is 11.5 Å². The first-order chi connectivity index (χ1) is 20.2. The summed E-state index contributed by atoms with van der Waals surface area (Å²) >= 11 is 0. The molecule has 0 aliphatic carbocycles. The Kier molecular flexibility index (Phi) is 10.6. The molecule has 4 rings (SSSR count). The van der Waals surface area contributed by atoms with E-state index in [1.165, 1.54) is 0 Å². The van der Waals surface area contributed by atoms with E-state index in [-0.39, 0.29) is 4.90 Å². The molecule has 3 aromatic carbocycles. The van der Waals surface area contributed by atoms with E-state index in [0.717, 1.165) is 5.56 Å². The van der Waals surface area contributed by atoms with E-state index >= 15 is 0 Å². The summed E-state index contributed by atoms with van der Waals surface area (Å²) in [5.74, 6) is 1.16. The molecule has 0 radical (unpaired) electrons. The number of aromatic nitrogens is 1. The fraction of sp³-hybridized carbons (Fsp3) is 0.281. The molecule has 0 bridgehead atoms. The third kappa shape index (κ3) is 7.50. The molecule has 42 heavy (non-hydrogen) atoms. The predicted molar refractivity (Wildman–Crippen MR) is 162 cm³/mol. The lowest BCUT2D eigenvalue weighted by Gasteiger charge is -2.39. The number of ether oxygens (including phenoxy) is 4. The van der Waals surface area contributed by atoms with Crippen LogP contribution in [-0.4, -0.2) is 39.2 Å². The first kappa shape index (κ1) is 31.5. The molecule has 0 spiro atoms. The number of hydrogen-bond donors (Lipinski definition) is 0. The lowest BCUT2D eigenvalue weighted by Crippen LogP contribution is -2.17. The van der Waals surface area contributed by atoms with E-state index in [0.29, 0.717) is 39.4 Å². The van der Waals surface area contributed by atoms with Gasteiger partial charge in [0.2, 0.25) is 0 Å². The van der Waals surface area contributed by atoms with Crippen LogP contribution in [0.4, 0.5) is 0 Å². The largest absolute Gasteiger partial charge is 0.465 e. The van der Waals surface area contributed by atoms with Gasteiger partial charge >= 0.3 is 10.1 Å². The maximum Gasteiger partial charge on any atom is 0.307 e. The molecule has 0 saturated heterocycles. The molecule has 8 nitrogen and oxygen atoms in total. The standard InChI is InChI=1S/C32H37NO7S2/c1-6-36-25(4)38-27-12-18-29(19-13-27)41(32-9-8-22-33-23-32,40-42(34,35)31-16-10-24(3)11-17-31)30-20-14-28(15-21-30)39-26(5)37-7-2/h8-23,25-26H,6-7H2,1-5H3. The SMILES string of the molecule is CCOC(C)Oc1ccc(S(OS(=O)(=O)c2ccc(C)cc2)(c2ccc(OC(C)OCC)cc2)c2cccnc2)cc1. The number of pyridine rings is 1. The molecule has 2 atom stereocenters. The average Bonchev–Trinajstić information content (AvgIpc) is 2.98. The van der Waals surface area contributed by atoms with Gasteiger partial charge in [0.25, 0.3) is 0 Å². The van der Waals surface area contributed by atoms with Crippen LogP contribution in [0.5, 0.6) is 11.5 Å². The molecule has 0 fully saturated rings. The topological polar surface area (TPSA) is 93.2 Å². The van der Waals surface area contributed by atoms with Crippen LogP contribution in [0.1, 0.15) is 33.3 Å². The highest BCUT2D eigenvalue weighted by Crippen LogP contribution is 2.70. The van der Waals surface area contributed by atoms with Crippen molar-refractivity contribution in [3.63, 3.8) is 0 Å². The molecule has 224 valence electrons. The van der Waals surface area contributed by atoms with Gasteiger partial charge in [-0.3, -0.25) is 4.98 Å². The minimum Gasteiger partial charge on any atom is -0.465 e. The zero-order valence-electron chi connectivity index (χ0n) is 24.4. The van der Waals surface area contributed by atoms with Gasteiger partial charge in [0.1, 0.15) is 11.5 Å². The Bertz CT molecular complexity index is 1450. The van der Waals surface area contributed by atoms with Crippen molar-refractivity contribution in [1.82, 2.24) is 4.98 Å². The Hall–Kier alpha value is -3.41. The maximum absolute atomic E-state index is 13.9. The third-order valence-electron chi connectivity index (χ3n) is 6.19.